The van der Waals surface area contributed by atoms with Crippen molar-refractivity contribution in [1.82, 2.24) is 10.2 Å². The van der Waals surface area contributed by atoms with Gasteiger partial charge in [-0.05, 0) is 43.7 Å². The first kappa shape index (κ1) is 13.2. The van der Waals surface area contributed by atoms with Crippen molar-refractivity contribution in [1.29, 1.82) is 0 Å². The van der Waals surface area contributed by atoms with Crippen molar-refractivity contribution in [2.75, 3.05) is 19.6 Å². The molecule has 1 aromatic rings. The highest BCUT2D eigenvalue weighted by atomic mass is 16.3. The summed E-state index contributed by atoms with van der Waals surface area (Å²) in [5.74, 6) is 0.928. The average Bonchev–Trinajstić information content (AvgIpc) is 3.15. The van der Waals surface area contributed by atoms with Gasteiger partial charge in [0.2, 0.25) is 5.91 Å². The molecule has 108 valence electrons. The van der Waals surface area contributed by atoms with Crippen LogP contribution in [0.15, 0.2) is 22.8 Å². The standard InChI is InChI=1S/C15H20N2O3/c18-14(16-9-11-5-6-11)12-3-1-7-17(10-12)15(19)13-4-2-8-20-13/h2,4,8,11-12H,1,3,5-7,9-10H2,(H,16,18)/t12-/m0/s1. The van der Waals surface area contributed by atoms with Crippen molar-refractivity contribution in [3.05, 3.63) is 24.2 Å². The number of hydrogen-bond donors (Lipinski definition) is 1. The average molecular weight is 276 g/mol. The van der Waals surface area contributed by atoms with Crippen LogP contribution in [0.5, 0.6) is 0 Å². The highest BCUT2D eigenvalue weighted by Gasteiger charge is 2.30. The minimum atomic E-state index is -0.116. The number of nitrogens with zero attached hydrogens (tertiary/aromatic N) is 1. The lowest BCUT2D eigenvalue weighted by Gasteiger charge is -2.31. The molecule has 1 saturated carbocycles. The number of rotatable bonds is 4. The van der Waals surface area contributed by atoms with E-state index in [1.54, 1.807) is 17.0 Å². The first-order valence-electron chi connectivity index (χ1n) is 7.34. The monoisotopic (exact) mass is 276 g/mol. The molecule has 1 aliphatic carbocycles. The third-order valence-electron chi connectivity index (χ3n) is 4.07. The lowest BCUT2D eigenvalue weighted by molar-refractivity contribution is -0.126. The quantitative estimate of drug-likeness (QED) is 0.909. The van der Waals surface area contributed by atoms with Gasteiger partial charge in [0, 0.05) is 19.6 Å². The molecule has 0 aromatic carbocycles. The van der Waals surface area contributed by atoms with Crippen molar-refractivity contribution in [2.45, 2.75) is 25.7 Å². The molecule has 5 heteroatoms. The molecule has 2 amide bonds. The molecule has 0 bridgehead atoms. The maximum Gasteiger partial charge on any atom is 0.289 e. The summed E-state index contributed by atoms with van der Waals surface area (Å²) in [6.07, 6.45) is 5.69. The van der Waals surface area contributed by atoms with Gasteiger partial charge in [-0.3, -0.25) is 9.59 Å². The topological polar surface area (TPSA) is 62.6 Å². The summed E-state index contributed by atoms with van der Waals surface area (Å²) < 4.78 is 5.14. The van der Waals surface area contributed by atoms with Crippen molar-refractivity contribution in [3.8, 4) is 0 Å². The molecule has 5 nitrogen and oxygen atoms in total. The van der Waals surface area contributed by atoms with Crippen molar-refractivity contribution in [2.24, 2.45) is 11.8 Å². The number of hydrogen-bond acceptors (Lipinski definition) is 3. The molecule has 1 atom stereocenters. The predicted molar refractivity (Wildman–Crippen MR) is 73.1 cm³/mol. The van der Waals surface area contributed by atoms with Crippen LogP contribution in [0.2, 0.25) is 0 Å². The number of nitrogens with one attached hydrogen (secondary N) is 1. The van der Waals surface area contributed by atoms with E-state index in [1.165, 1.54) is 19.1 Å². The zero-order valence-corrected chi connectivity index (χ0v) is 11.5. The normalized spacial score (nSPS) is 22.6. The predicted octanol–water partition coefficient (Wildman–Crippen LogP) is 1.66. The van der Waals surface area contributed by atoms with Gasteiger partial charge in [0.1, 0.15) is 0 Å². The van der Waals surface area contributed by atoms with E-state index in [9.17, 15) is 9.59 Å². The Bertz CT molecular complexity index is 479. The smallest absolute Gasteiger partial charge is 0.289 e. The Morgan fingerprint density at radius 3 is 2.90 bits per heavy atom. The molecule has 1 saturated heterocycles. The molecule has 1 aliphatic heterocycles. The van der Waals surface area contributed by atoms with E-state index < -0.39 is 0 Å². The van der Waals surface area contributed by atoms with Crippen molar-refractivity contribution in [3.63, 3.8) is 0 Å². The van der Waals surface area contributed by atoms with Gasteiger partial charge >= 0.3 is 0 Å². The van der Waals surface area contributed by atoms with Crippen LogP contribution in [-0.4, -0.2) is 36.3 Å². The lowest BCUT2D eigenvalue weighted by Crippen LogP contribution is -2.45. The van der Waals surface area contributed by atoms with E-state index in [1.807, 2.05) is 0 Å². The Morgan fingerprint density at radius 2 is 2.20 bits per heavy atom. The number of carbonyl (C=O) groups is 2. The summed E-state index contributed by atoms with van der Waals surface area (Å²) in [7, 11) is 0. The van der Waals surface area contributed by atoms with Crippen molar-refractivity contribution < 1.29 is 14.0 Å². The maximum atomic E-state index is 12.2. The van der Waals surface area contributed by atoms with Crippen LogP contribution in [0.4, 0.5) is 0 Å². The van der Waals surface area contributed by atoms with Gasteiger partial charge in [-0.1, -0.05) is 0 Å². The van der Waals surface area contributed by atoms with Crippen molar-refractivity contribution >= 4 is 11.8 Å². The van der Waals surface area contributed by atoms with Gasteiger partial charge in [-0.25, -0.2) is 0 Å². The molecule has 1 N–H and O–H groups in total. The molecule has 0 spiro atoms. The molecular weight excluding hydrogens is 256 g/mol. The lowest BCUT2D eigenvalue weighted by atomic mass is 9.97. The van der Waals surface area contributed by atoms with E-state index in [0.29, 0.717) is 24.8 Å². The summed E-state index contributed by atoms with van der Waals surface area (Å²) in [5, 5.41) is 3.01. The van der Waals surface area contributed by atoms with Crippen LogP contribution < -0.4 is 5.32 Å². The molecule has 0 radical (unpaired) electrons. The number of carbonyl (C=O) groups excluding carboxylic acids is 2. The minimum Gasteiger partial charge on any atom is -0.459 e. The van der Waals surface area contributed by atoms with Crippen LogP contribution in [0.1, 0.15) is 36.2 Å². The van der Waals surface area contributed by atoms with Gasteiger partial charge in [-0.15, -0.1) is 0 Å². The Labute approximate surface area is 118 Å². The van der Waals surface area contributed by atoms with E-state index in [4.69, 9.17) is 4.42 Å². The molecule has 20 heavy (non-hydrogen) atoms. The third kappa shape index (κ3) is 3.03. The summed E-state index contributed by atoms with van der Waals surface area (Å²) in [6, 6.07) is 3.37. The molecule has 3 rings (SSSR count). The SMILES string of the molecule is O=C(NCC1CC1)[C@H]1CCCN(C(=O)c2ccco2)C1. The Balaban J connectivity index is 1.55. The summed E-state index contributed by atoms with van der Waals surface area (Å²) in [4.78, 5) is 26.0. The summed E-state index contributed by atoms with van der Waals surface area (Å²) >= 11 is 0. The van der Waals surface area contributed by atoms with E-state index >= 15 is 0 Å². The zero-order chi connectivity index (χ0) is 13.9. The van der Waals surface area contributed by atoms with E-state index in [-0.39, 0.29) is 17.7 Å². The first-order chi connectivity index (χ1) is 9.74. The minimum absolute atomic E-state index is 0.0820. The fraction of sp³-hybridized carbons (Fsp3) is 0.600. The van der Waals surface area contributed by atoms with Crippen LogP contribution in [0.25, 0.3) is 0 Å². The zero-order valence-electron chi connectivity index (χ0n) is 11.5. The van der Waals surface area contributed by atoms with Gasteiger partial charge in [0.15, 0.2) is 5.76 Å². The van der Waals surface area contributed by atoms with E-state index in [2.05, 4.69) is 5.32 Å². The van der Waals surface area contributed by atoms with Crippen LogP contribution >= 0.6 is 0 Å². The second-order valence-corrected chi connectivity index (χ2v) is 5.76. The molecule has 2 aliphatic rings. The molecule has 1 aromatic heterocycles. The third-order valence-corrected chi connectivity index (χ3v) is 4.07. The Hall–Kier alpha value is -1.78. The van der Waals surface area contributed by atoms with Gasteiger partial charge in [-0.2, -0.15) is 0 Å². The Kier molecular flexibility index (Phi) is 3.76. The first-order valence-corrected chi connectivity index (χ1v) is 7.34. The molecular formula is C15H20N2O3. The van der Waals surface area contributed by atoms with Gasteiger partial charge in [0.25, 0.3) is 5.91 Å². The van der Waals surface area contributed by atoms with Gasteiger partial charge in [0.05, 0.1) is 12.2 Å². The van der Waals surface area contributed by atoms with Gasteiger partial charge < -0.3 is 14.6 Å². The number of likely N-dealkylation sites (tertiary alicyclic amines) is 1. The van der Waals surface area contributed by atoms with Crippen LogP contribution in [-0.2, 0) is 4.79 Å². The molecule has 0 unspecified atom stereocenters. The van der Waals surface area contributed by atoms with Crippen LogP contribution in [0.3, 0.4) is 0 Å². The Morgan fingerprint density at radius 1 is 1.35 bits per heavy atom. The summed E-state index contributed by atoms with van der Waals surface area (Å²) in [6.45, 7) is 1.99. The second-order valence-electron chi connectivity index (χ2n) is 5.76. The maximum absolute atomic E-state index is 12.2. The second kappa shape index (κ2) is 5.69. The van der Waals surface area contributed by atoms with Crippen LogP contribution in [0, 0.1) is 11.8 Å². The van der Waals surface area contributed by atoms with E-state index in [0.717, 1.165) is 19.4 Å². The number of amides is 2. The number of piperidine rings is 1. The number of furan rings is 1. The fourth-order valence-corrected chi connectivity index (χ4v) is 2.64. The fourth-order valence-electron chi connectivity index (χ4n) is 2.64. The highest BCUT2D eigenvalue weighted by molar-refractivity contribution is 5.92. The largest absolute Gasteiger partial charge is 0.459 e. The molecule has 2 fully saturated rings. The highest BCUT2D eigenvalue weighted by Crippen LogP contribution is 2.28. The summed E-state index contributed by atoms with van der Waals surface area (Å²) in [5.41, 5.74) is 0. The molecule has 2 heterocycles.